The van der Waals surface area contributed by atoms with Crippen LogP contribution in [0.1, 0.15) is 27.8 Å². The van der Waals surface area contributed by atoms with Crippen LogP contribution in [-0.4, -0.2) is 4.57 Å². The zero-order valence-electron chi connectivity index (χ0n) is 25.3. The van der Waals surface area contributed by atoms with E-state index in [9.17, 15) is 0 Å². The van der Waals surface area contributed by atoms with Crippen LogP contribution in [0.15, 0.2) is 152 Å². The Kier molecular flexibility index (Phi) is 5.09. The minimum atomic E-state index is -0.618. The lowest BCUT2D eigenvalue weighted by molar-refractivity contribution is 0.622. The Hall–Kier alpha value is -5.73. The smallest absolute Gasteiger partial charge is 0.123 e. The Bertz CT molecular complexity index is 2450. The summed E-state index contributed by atoms with van der Waals surface area (Å²) in [6, 6.07) is 53.7. The third-order valence-corrected chi connectivity index (χ3v) is 10.3. The number of para-hydroxylation sites is 2. The molecule has 0 amide bonds. The van der Waals surface area contributed by atoms with E-state index in [-0.39, 0.29) is 5.82 Å². The van der Waals surface area contributed by atoms with E-state index in [0.29, 0.717) is 0 Å². The molecule has 1 aromatic heterocycles. The third kappa shape index (κ3) is 3.18. The highest BCUT2D eigenvalue weighted by molar-refractivity contribution is 6.09. The second-order valence-corrected chi connectivity index (χ2v) is 12.7. The van der Waals surface area contributed by atoms with Crippen LogP contribution in [0, 0.1) is 12.7 Å². The summed E-state index contributed by atoms with van der Waals surface area (Å²) in [5.74, 6) is -0.207. The third-order valence-electron chi connectivity index (χ3n) is 10.3. The van der Waals surface area contributed by atoms with Gasteiger partial charge in [-0.25, -0.2) is 4.39 Å². The number of aryl methyl sites for hydroxylation is 1. The monoisotopic (exact) mass is 589 g/mol. The minimum Gasteiger partial charge on any atom is -0.309 e. The number of aromatic nitrogens is 1. The van der Waals surface area contributed by atoms with Gasteiger partial charge in [-0.15, -0.1) is 0 Å². The van der Waals surface area contributed by atoms with E-state index in [1.165, 1.54) is 66.3 Å². The van der Waals surface area contributed by atoms with Gasteiger partial charge in [0.25, 0.3) is 0 Å². The number of halogens is 1. The van der Waals surface area contributed by atoms with E-state index in [0.717, 1.165) is 22.4 Å². The lowest BCUT2D eigenvalue weighted by Gasteiger charge is -2.32. The molecule has 8 aromatic rings. The standard InChI is InChI=1S/C44H28FN/c1-27-17-23-33-34-24-20-29(45)26-40(34)44(39(33)25-27)38-14-5-2-9-32(38)37-13-8-12-31(43(37)44)28-18-21-30(22-19-28)46-41-15-6-3-10-35(41)36-11-4-7-16-42(36)46/h2-26H,1H3. The Morgan fingerprint density at radius 2 is 1.07 bits per heavy atom. The first-order chi connectivity index (χ1) is 22.6. The quantitative estimate of drug-likeness (QED) is 0.189. The first kappa shape index (κ1) is 25.6. The molecule has 10 rings (SSSR count). The zero-order valence-corrected chi connectivity index (χ0v) is 25.3. The zero-order chi connectivity index (χ0) is 30.6. The fourth-order valence-electron chi connectivity index (χ4n) is 8.56. The molecule has 1 nitrogen and oxygen atoms in total. The Morgan fingerprint density at radius 1 is 0.478 bits per heavy atom. The van der Waals surface area contributed by atoms with Gasteiger partial charge >= 0.3 is 0 Å². The van der Waals surface area contributed by atoms with Crippen molar-refractivity contribution in [3.63, 3.8) is 0 Å². The molecule has 0 fully saturated rings. The van der Waals surface area contributed by atoms with Crippen molar-refractivity contribution >= 4 is 21.8 Å². The summed E-state index contributed by atoms with van der Waals surface area (Å²) in [7, 11) is 0. The highest BCUT2D eigenvalue weighted by Crippen LogP contribution is 2.64. The highest BCUT2D eigenvalue weighted by Gasteiger charge is 2.53. The van der Waals surface area contributed by atoms with E-state index in [1.54, 1.807) is 12.1 Å². The van der Waals surface area contributed by atoms with Crippen LogP contribution >= 0.6 is 0 Å². The summed E-state index contributed by atoms with van der Waals surface area (Å²) in [5, 5.41) is 2.51. The molecular formula is C44H28FN. The number of fused-ring (bicyclic) bond motifs is 13. The maximum atomic E-state index is 15.3. The van der Waals surface area contributed by atoms with Crippen LogP contribution in [0.5, 0.6) is 0 Å². The van der Waals surface area contributed by atoms with Crippen molar-refractivity contribution in [1.29, 1.82) is 0 Å². The molecule has 0 saturated heterocycles. The van der Waals surface area contributed by atoms with Crippen molar-refractivity contribution in [2.24, 2.45) is 0 Å². The fraction of sp³-hybridized carbons (Fsp3) is 0.0455. The second-order valence-electron chi connectivity index (χ2n) is 12.7. The van der Waals surface area contributed by atoms with Gasteiger partial charge in [-0.2, -0.15) is 0 Å². The van der Waals surface area contributed by atoms with Gasteiger partial charge in [-0.3, -0.25) is 0 Å². The van der Waals surface area contributed by atoms with Gasteiger partial charge < -0.3 is 4.57 Å². The van der Waals surface area contributed by atoms with Crippen LogP contribution in [0.2, 0.25) is 0 Å². The molecule has 216 valence electrons. The van der Waals surface area contributed by atoms with Crippen molar-refractivity contribution in [2.45, 2.75) is 12.3 Å². The van der Waals surface area contributed by atoms with Gasteiger partial charge in [0, 0.05) is 16.5 Å². The van der Waals surface area contributed by atoms with E-state index in [2.05, 4.69) is 145 Å². The molecule has 1 heterocycles. The molecule has 0 N–H and O–H groups in total. The average Bonchev–Trinajstić information content (AvgIpc) is 3.70. The van der Waals surface area contributed by atoms with Crippen molar-refractivity contribution in [2.75, 3.05) is 0 Å². The Balaban J connectivity index is 1.24. The van der Waals surface area contributed by atoms with E-state index >= 15 is 4.39 Å². The first-order valence-corrected chi connectivity index (χ1v) is 15.9. The summed E-state index contributed by atoms with van der Waals surface area (Å²) in [6.07, 6.45) is 0. The second kappa shape index (κ2) is 9.15. The van der Waals surface area contributed by atoms with Crippen molar-refractivity contribution in [1.82, 2.24) is 4.57 Å². The molecular weight excluding hydrogens is 561 g/mol. The number of hydrogen-bond acceptors (Lipinski definition) is 0. The number of hydrogen-bond donors (Lipinski definition) is 0. The van der Waals surface area contributed by atoms with E-state index in [1.807, 2.05) is 6.07 Å². The number of nitrogens with zero attached hydrogens (tertiary/aromatic N) is 1. The fourth-order valence-corrected chi connectivity index (χ4v) is 8.56. The van der Waals surface area contributed by atoms with Crippen molar-refractivity contribution < 1.29 is 4.39 Å². The highest BCUT2D eigenvalue weighted by atomic mass is 19.1. The van der Waals surface area contributed by atoms with Gasteiger partial charge in [0.15, 0.2) is 0 Å². The minimum absolute atomic E-state index is 0.207. The summed E-state index contributed by atoms with van der Waals surface area (Å²) in [6.45, 7) is 2.15. The van der Waals surface area contributed by atoms with Gasteiger partial charge in [-0.05, 0) is 99.0 Å². The van der Waals surface area contributed by atoms with Gasteiger partial charge in [-0.1, -0.05) is 121 Å². The normalized spacial score (nSPS) is 15.7. The molecule has 2 aliphatic rings. The average molecular weight is 590 g/mol. The molecule has 0 saturated carbocycles. The molecule has 2 aliphatic carbocycles. The lowest BCUT2D eigenvalue weighted by atomic mass is 9.68. The SMILES string of the molecule is Cc1ccc2c(c1)C1(c3cc(F)ccc3-2)c2ccccc2-c2cccc(-c3ccc(-n4c5ccccc5c5ccccc54)cc3)c21. The molecule has 1 atom stereocenters. The topological polar surface area (TPSA) is 4.93 Å². The van der Waals surface area contributed by atoms with Crippen molar-refractivity contribution in [3.8, 4) is 39.1 Å². The Morgan fingerprint density at radius 3 is 1.83 bits per heavy atom. The molecule has 1 unspecified atom stereocenters. The van der Waals surface area contributed by atoms with Crippen LogP contribution in [-0.2, 0) is 5.41 Å². The van der Waals surface area contributed by atoms with Crippen LogP contribution in [0.4, 0.5) is 4.39 Å². The van der Waals surface area contributed by atoms with E-state index in [4.69, 9.17) is 0 Å². The van der Waals surface area contributed by atoms with Crippen LogP contribution < -0.4 is 0 Å². The van der Waals surface area contributed by atoms with Gasteiger partial charge in [0.05, 0.1) is 16.4 Å². The predicted octanol–water partition coefficient (Wildman–Crippen LogP) is 11.2. The summed E-state index contributed by atoms with van der Waals surface area (Å²) < 4.78 is 17.6. The summed E-state index contributed by atoms with van der Waals surface area (Å²) in [4.78, 5) is 0. The molecule has 0 radical (unpaired) electrons. The maximum Gasteiger partial charge on any atom is 0.123 e. The van der Waals surface area contributed by atoms with Crippen LogP contribution in [0.3, 0.4) is 0 Å². The largest absolute Gasteiger partial charge is 0.309 e. The van der Waals surface area contributed by atoms with Crippen molar-refractivity contribution in [3.05, 3.63) is 185 Å². The summed E-state index contributed by atoms with van der Waals surface area (Å²) in [5.41, 5.74) is 15.8. The number of benzene rings is 7. The summed E-state index contributed by atoms with van der Waals surface area (Å²) >= 11 is 0. The molecule has 1 spiro atoms. The van der Waals surface area contributed by atoms with E-state index < -0.39 is 5.41 Å². The number of rotatable bonds is 2. The Labute approximate surface area is 266 Å². The first-order valence-electron chi connectivity index (χ1n) is 15.9. The molecule has 0 bridgehead atoms. The van der Waals surface area contributed by atoms with Crippen LogP contribution in [0.25, 0.3) is 60.9 Å². The predicted molar refractivity (Wildman–Crippen MR) is 187 cm³/mol. The molecule has 0 aliphatic heterocycles. The van der Waals surface area contributed by atoms with Gasteiger partial charge in [0.2, 0.25) is 0 Å². The molecule has 7 aromatic carbocycles. The van der Waals surface area contributed by atoms with Gasteiger partial charge in [0.1, 0.15) is 5.82 Å². The molecule has 46 heavy (non-hydrogen) atoms. The maximum absolute atomic E-state index is 15.3. The lowest BCUT2D eigenvalue weighted by Crippen LogP contribution is -2.27. The molecule has 2 heteroatoms.